The van der Waals surface area contributed by atoms with E-state index in [1.165, 1.54) is 33.4 Å². The van der Waals surface area contributed by atoms with Crippen LogP contribution in [0.3, 0.4) is 0 Å². The van der Waals surface area contributed by atoms with Crippen molar-refractivity contribution < 1.29 is 0 Å². The van der Waals surface area contributed by atoms with Gasteiger partial charge in [-0.15, -0.1) is 0 Å². The van der Waals surface area contributed by atoms with Crippen molar-refractivity contribution in [3.05, 3.63) is 102 Å². The minimum atomic E-state index is 1.09. The molecule has 0 fully saturated rings. The average Bonchev–Trinajstić information content (AvgIpc) is 2.71. The Morgan fingerprint density at radius 1 is 0.538 bits per heavy atom. The van der Waals surface area contributed by atoms with Crippen molar-refractivity contribution in [1.29, 1.82) is 0 Å². The van der Waals surface area contributed by atoms with Crippen molar-refractivity contribution in [3.63, 3.8) is 0 Å². The molecule has 0 aliphatic carbocycles. The summed E-state index contributed by atoms with van der Waals surface area (Å²) in [6, 6.07) is 33.7. The molecule has 2 heteroatoms. The molecule has 0 spiro atoms. The largest absolute Gasteiger partial charge is 0.0729 e. The summed E-state index contributed by atoms with van der Waals surface area (Å²) in [7, 11) is 3.98. The quantitative estimate of drug-likeness (QED) is 0.349. The smallest absolute Gasteiger partial charge is 0.0622 e. The molecular formula is C24H16BrSi. The number of hydrogen-bond acceptors (Lipinski definition) is 0. The first kappa shape index (κ1) is 17.0. The van der Waals surface area contributed by atoms with Crippen LogP contribution in [-0.4, -0.2) is 10.2 Å². The molecule has 4 aromatic carbocycles. The Morgan fingerprint density at radius 3 is 1.46 bits per heavy atom. The van der Waals surface area contributed by atoms with Gasteiger partial charge in [0.05, 0.1) is 10.2 Å². The fourth-order valence-corrected chi connectivity index (χ4v) is 4.42. The van der Waals surface area contributed by atoms with Gasteiger partial charge in [0.25, 0.3) is 0 Å². The minimum Gasteiger partial charge on any atom is -0.0622 e. The van der Waals surface area contributed by atoms with E-state index < -0.39 is 0 Å². The van der Waals surface area contributed by atoms with E-state index >= 15 is 0 Å². The highest BCUT2D eigenvalue weighted by molar-refractivity contribution is 9.10. The monoisotopic (exact) mass is 411 g/mol. The van der Waals surface area contributed by atoms with Crippen molar-refractivity contribution in [2.24, 2.45) is 0 Å². The average molecular weight is 412 g/mol. The van der Waals surface area contributed by atoms with Gasteiger partial charge in [-0.3, -0.25) is 0 Å². The molecule has 0 aliphatic heterocycles. The SMILES string of the molecule is [Si]c1c(-c2ccccc2)cc(Br)c(-c2ccccc2)c1-c1ccccc1. The van der Waals surface area contributed by atoms with Crippen molar-refractivity contribution in [1.82, 2.24) is 0 Å². The summed E-state index contributed by atoms with van der Waals surface area (Å²) in [5.74, 6) is 0. The second kappa shape index (κ2) is 7.44. The van der Waals surface area contributed by atoms with E-state index in [-0.39, 0.29) is 0 Å². The zero-order chi connectivity index (χ0) is 17.9. The molecule has 26 heavy (non-hydrogen) atoms. The van der Waals surface area contributed by atoms with Gasteiger partial charge in [0.1, 0.15) is 0 Å². The molecule has 3 radical (unpaired) electrons. The maximum Gasteiger partial charge on any atom is 0.0729 e. The fourth-order valence-electron chi connectivity index (χ4n) is 3.28. The van der Waals surface area contributed by atoms with Crippen LogP contribution in [0, 0.1) is 0 Å². The van der Waals surface area contributed by atoms with Gasteiger partial charge in [-0.2, -0.15) is 0 Å². The molecule has 0 bridgehead atoms. The predicted molar refractivity (Wildman–Crippen MR) is 116 cm³/mol. The third-order valence-electron chi connectivity index (χ3n) is 4.49. The molecule has 0 amide bonds. The van der Waals surface area contributed by atoms with E-state index in [2.05, 4.69) is 111 Å². The van der Waals surface area contributed by atoms with Crippen LogP contribution < -0.4 is 5.19 Å². The fraction of sp³-hybridized carbons (Fsp3) is 0. The van der Waals surface area contributed by atoms with Gasteiger partial charge in [0, 0.05) is 10.0 Å². The van der Waals surface area contributed by atoms with Gasteiger partial charge in [0.15, 0.2) is 0 Å². The first-order valence-electron chi connectivity index (χ1n) is 8.50. The van der Waals surface area contributed by atoms with E-state index in [9.17, 15) is 0 Å². The van der Waals surface area contributed by atoms with Crippen LogP contribution in [0.5, 0.6) is 0 Å². The van der Waals surface area contributed by atoms with Crippen molar-refractivity contribution in [3.8, 4) is 33.4 Å². The Labute approximate surface area is 166 Å². The van der Waals surface area contributed by atoms with Gasteiger partial charge in [0.2, 0.25) is 0 Å². The maximum absolute atomic E-state index is 3.98. The topological polar surface area (TPSA) is 0 Å². The molecule has 0 aliphatic rings. The lowest BCUT2D eigenvalue weighted by atomic mass is 9.90. The van der Waals surface area contributed by atoms with Crippen LogP contribution in [0.2, 0.25) is 0 Å². The highest BCUT2D eigenvalue weighted by Crippen LogP contribution is 2.39. The second-order valence-electron chi connectivity index (χ2n) is 6.13. The van der Waals surface area contributed by atoms with Crippen LogP contribution in [0.25, 0.3) is 33.4 Å². The van der Waals surface area contributed by atoms with Gasteiger partial charge in [-0.25, -0.2) is 0 Å². The third kappa shape index (κ3) is 3.18. The molecule has 123 valence electrons. The molecule has 0 aromatic heterocycles. The molecule has 0 unspecified atom stereocenters. The Hall–Kier alpha value is -2.42. The van der Waals surface area contributed by atoms with Crippen LogP contribution >= 0.6 is 15.9 Å². The van der Waals surface area contributed by atoms with E-state index in [0.717, 1.165) is 9.66 Å². The predicted octanol–water partition coefficient (Wildman–Crippen LogP) is 6.24. The number of benzene rings is 4. The van der Waals surface area contributed by atoms with Gasteiger partial charge in [-0.05, 0) is 33.9 Å². The summed E-state index contributed by atoms with van der Waals surface area (Å²) in [5.41, 5.74) is 7.14. The lowest BCUT2D eigenvalue weighted by Crippen LogP contribution is -2.13. The van der Waals surface area contributed by atoms with E-state index in [0.29, 0.717) is 0 Å². The van der Waals surface area contributed by atoms with Crippen molar-refractivity contribution in [2.45, 2.75) is 0 Å². The van der Waals surface area contributed by atoms with Crippen LogP contribution in [-0.2, 0) is 0 Å². The van der Waals surface area contributed by atoms with Gasteiger partial charge >= 0.3 is 0 Å². The standard InChI is InChI=1S/C24H16BrSi/c25-21-16-20(17-10-4-1-5-11-17)24(26)23(19-14-8-3-9-15-19)22(21)18-12-6-2-7-13-18/h1-16H. The van der Waals surface area contributed by atoms with E-state index in [1.807, 2.05) is 12.1 Å². The second-order valence-corrected chi connectivity index (χ2v) is 7.48. The molecule has 4 rings (SSSR count). The first-order chi connectivity index (χ1) is 12.8. The van der Waals surface area contributed by atoms with Crippen LogP contribution in [0.15, 0.2) is 102 Å². The van der Waals surface area contributed by atoms with Crippen molar-refractivity contribution >= 4 is 31.4 Å². The highest BCUT2D eigenvalue weighted by atomic mass is 79.9. The number of rotatable bonds is 3. The summed E-state index contributed by atoms with van der Waals surface area (Å²) in [6.07, 6.45) is 0. The van der Waals surface area contributed by atoms with E-state index in [4.69, 9.17) is 0 Å². The zero-order valence-electron chi connectivity index (χ0n) is 14.1. The van der Waals surface area contributed by atoms with Crippen LogP contribution in [0.4, 0.5) is 0 Å². The maximum atomic E-state index is 3.98. The van der Waals surface area contributed by atoms with Crippen LogP contribution in [0.1, 0.15) is 0 Å². The molecule has 0 heterocycles. The van der Waals surface area contributed by atoms with Crippen molar-refractivity contribution in [2.75, 3.05) is 0 Å². The molecule has 0 nitrogen and oxygen atoms in total. The zero-order valence-corrected chi connectivity index (χ0v) is 16.7. The molecular weight excluding hydrogens is 396 g/mol. The summed E-state index contributed by atoms with van der Waals surface area (Å²) < 4.78 is 1.09. The molecule has 4 aromatic rings. The summed E-state index contributed by atoms with van der Waals surface area (Å²) in [5, 5.41) is 1.10. The minimum absolute atomic E-state index is 1.09. The summed E-state index contributed by atoms with van der Waals surface area (Å²) in [4.78, 5) is 0. The van der Waals surface area contributed by atoms with Gasteiger partial charge in [-0.1, -0.05) is 112 Å². The highest BCUT2D eigenvalue weighted by Gasteiger charge is 2.17. The Morgan fingerprint density at radius 2 is 0.962 bits per heavy atom. The lowest BCUT2D eigenvalue weighted by Gasteiger charge is -2.19. The third-order valence-corrected chi connectivity index (χ3v) is 5.63. The number of hydrogen-bond donors (Lipinski definition) is 0. The first-order valence-corrected chi connectivity index (χ1v) is 9.79. The normalized spacial score (nSPS) is 10.7. The summed E-state index contributed by atoms with van der Waals surface area (Å²) in [6.45, 7) is 0. The molecule has 0 saturated heterocycles. The molecule has 0 atom stereocenters. The Balaban J connectivity index is 2.06. The molecule has 0 N–H and O–H groups in total. The lowest BCUT2D eigenvalue weighted by molar-refractivity contribution is 1.56. The number of halogens is 1. The Bertz CT molecular complexity index is 1030. The summed E-state index contributed by atoms with van der Waals surface area (Å²) >= 11 is 3.84. The van der Waals surface area contributed by atoms with E-state index in [1.54, 1.807) is 0 Å². The molecule has 0 saturated carbocycles. The Kier molecular flexibility index (Phi) is 4.87. The van der Waals surface area contributed by atoms with Gasteiger partial charge < -0.3 is 0 Å².